The van der Waals surface area contributed by atoms with Crippen molar-refractivity contribution in [2.75, 3.05) is 20.1 Å². The van der Waals surface area contributed by atoms with Crippen LogP contribution < -0.4 is 0 Å². The number of hydrogen-bond donors (Lipinski definition) is 0. The Labute approximate surface area is 80.3 Å². The molecule has 0 N–H and O–H groups in total. The largest absolute Gasteiger partial charge is 0.306 e. The number of likely N-dealkylation sites (tertiary alicyclic amines) is 1. The fourth-order valence-corrected chi connectivity index (χ4v) is 2.26. The van der Waals surface area contributed by atoms with Gasteiger partial charge in [-0.05, 0) is 39.3 Å². The van der Waals surface area contributed by atoms with Crippen molar-refractivity contribution in [1.29, 1.82) is 0 Å². The molecule has 0 amide bonds. The minimum Gasteiger partial charge on any atom is -0.306 e. The zero-order valence-electron chi connectivity index (χ0n) is 8.46. The first kappa shape index (κ1) is 9.20. The molecule has 74 valence electrons. The molecule has 2 heteroatoms. The van der Waals surface area contributed by atoms with Crippen molar-refractivity contribution in [3.05, 3.63) is 0 Å². The zero-order valence-corrected chi connectivity index (χ0v) is 8.46. The first-order valence-corrected chi connectivity index (χ1v) is 5.49. The van der Waals surface area contributed by atoms with Gasteiger partial charge in [-0.15, -0.1) is 0 Å². The van der Waals surface area contributed by atoms with Crippen molar-refractivity contribution in [3.63, 3.8) is 0 Å². The Kier molecular flexibility index (Phi) is 2.68. The summed E-state index contributed by atoms with van der Waals surface area (Å²) in [4.78, 5) is 14.1. The van der Waals surface area contributed by atoms with Gasteiger partial charge in [-0.2, -0.15) is 0 Å². The number of hydrogen-bond acceptors (Lipinski definition) is 2. The van der Waals surface area contributed by atoms with Gasteiger partial charge in [-0.25, -0.2) is 0 Å². The van der Waals surface area contributed by atoms with E-state index in [-0.39, 0.29) is 0 Å². The van der Waals surface area contributed by atoms with Crippen LogP contribution in [-0.2, 0) is 4.79 Å². The monoisotopic (exact) mass is 181 g/mol. The molecule has 0 aromatic heterocycles. The molecule has 1 heterocycles. The summed E-state index contributed by atoms with van der Waals surface area (Å²) in [6, 6.07) is 0. The first-order valence-electron chi connectivity index (χ1n) is 5.49. The van der Waals surface area contributed by atoms with Crippen LogP contribution in [0.1, 0.15) is 32.1 Å². The Hall–Kier alpha value is -0.370. The van der Waals surface area contributed by atoms with E-state index in [9.17, 15) is 4.79 Å². The van der Waals surface area contributed by atoms with Crippen LogP contribution in [0.2, 0.25) is 0 Å². The van der Waals surface area contributed by atoms with E-state index >= 15 is 0 Å². The molecule has 1 saturated heterocycles. The summed E-state index contributed by atoms with van der Waals surface area (Å²) in [6.45, 7) is 2.18. The third kappa shape index (κ3) is 2.31. The molecule has 13 heavy (non-hydrogen) atoms. The molecule has 0 aromatic rings. The minimum atomic E-state index is 0.361. The second kappa shape index (κ2) is 3.79. The molecule has 2 nitrogen and oxygen atoms in total. The molecule has 2 aliphatic rings. The fraction of sp³-hybridized carbons (Fsp3) is 0.909. The fourth-order valence-electron chi connectivity index (χ4n) is 2.26. The maximum Gasteiger partial charge on any atom is 0.140 e. The second-order valence-electron chi connectivity index (χ2n) is 4.63. The number of carbonyl (C=O) groups excluding carboxylic acids is 1. The highest BCUT2D eigenvalue weighted by atomic mass is 16.1. The lowest BCUT2D eigenvalue weighted by Crippen LogP contribution is -2.29. The van der Waals surface area contributed by atoms with E-state index in [2.05, 4.69) is 11.9 Å². The van der Waals surface area contributed by atoms with Gasteiger partial charge in [0.25, 0.3) is 0 Å². The summed E-state index contributed by atoms with van der Waals surface area (Å²) in [5.74, 6) is 1.38. The van der Waals surface area contributed by atoms with E-state index in [1.165, 1.54) is 32.2 Å². The van der Waals surface area contributed by atoms with Gasteiger partial charge < -0.3 is 4.90 Å². The summed E-state index contributed by atoms with van der Waals surface area (Å²) in [5.41, 5.74) is 0. The number of nitrogens with zero attached hydrogens (tertiary/aromatic N) is 1. The van der Waals surface area contributed by atoms with Crippen LogP contribution in [0.3, 0.4) is 0 Å². The van der Waals surface area contributed by atoms with Crippen LogP contribution >= 0.6 is 0 Å². The Bertz CT molecular complexity index is 198. The highest BCUT2D eigenvalue weighted by molar-refractivity contribution is 5.85. The molecule has 1 atom stereocenters. The molecular formula is C11H19NO. The molecule has 1 aliphatic carbocycles. The van der Waals surface area contributed by atoms with E-state index in [0.717, 1.165) is 13.0 Å². The molecule has 1 saturated carbocycles. The van der Waals surface area contributed by atoms with Gasteiger partial charge in [-0.3, -0.25) is 4.79 Å². The van der Waals surface area contributed by atoms with Gasteiger partial charge in [0.15, 0.2) is 0 Å². The number of rotatable bonds is 2. The SMILES string of the molecule is CN1CCCCC(C(=O)C2CC2)C1. The highest BCUT2D eigenvalue weighted by Crippen LogP contribution is 2.34. The maximum absolute atomic E-state index is 11.8. The van der Waals surface area contributed by atoms with Crippen LogP contribution in [-0.4, -0.2) is 30.8 Å². The molecule has 0 radical (unpaired) electrons. The van der Waals surface area contributed by atoms with Crippen molar-refractivity contribution >= 4 is 5.78 Å². The lowest BCUT2D eigenvalue weighted by Gasteiger charge is -2.18. The van der Waals surface area contributed by atoms with E-state index in [4.69, 9.17) is 0 Å². The van der Waals surface area contributed by atoms with Gasteiger partial charge in [0.05, 0.1) is 0 Å². The summed E-state index contributed by atoms with van der Waals surface area (Å²) in [7, 11) is 2.14. The number of carbonyl (C=O) groups is 1. The Balaban J connectivity index is 1.91. The van der Waals surface area contributed by atoms with Crippen molar-refractivity contribution in [2.24, 2.45) is 11.8 Å². The Morgan fingerprint density at radius 1 is 1.15 bits per heavy atom. The summed E-state index contributed by atoms with van der Waals surface area (Å²) < 4.78 is 0. The van der Waals surface area contributed by atoms with Crippen LogP contribution in [0.25, 0.3) is 0 Å². The summed E-state index contributed by atoms with van der Waals surface area (Å²) in [6.07, 6.45) is 5.98. The molecule has 0 bridgehead atoms. The van der Waals surface area contributed by atoms with E-state index in [1.807, 2.05) is 0 Å². The first-order chi connectivity index (χ1) is 6.27. The molecule has 0 spiro atoms. The standard InChI is InChI=1S/C11H19NO/c1-12-7-3-2-4-10(8-12)11(13)9-5-6-9/h9-10H,2-8H2,1H3. The van der Waals surface area contributed by atoms with E-state index in [1.54, 1.807) is 0 Å². The molecule has 1 aliphatic heterocycles. The smallest absolute Gasteiger partial charge is 0.140 e. The predicted octanol–water partition coefficient (Wildman–Crippen LogP) is 1.70. The average molecular weight is 181 g/mol. The van der Waals surface area contributed by atoms with Crippen molar-refractivity contribution in [2.45, 2.75) is 32.1 Å². The van der Waals surface area contributed by atoms with Gasteiger partial charge in [0.1, 0.15) is 5.78 Å². The van der Waals surface area contributed by atoms with E-state index < -0.39 is 0 Å². The highest BCUT2D eigenvalue weighted by Gasteiger charge is 2.35. The van der Waals surface area contributed by atoms with Gasteiger partial charge >= 0.3 is 0 Å². The number of ketones is 1. The molecular weight excluding hydrogens is 162 g/mol. The quantitative estimate of drug-likeness (QED) is 0.646. The van der Waals surface area contributed by atoms with Gasteiger partial charge in [-0.1, -0.05) is 6.42 Å². The van der Waals surface area contributed by atoms with Crippen molar-refractivity contribution in [3.8, 4) is 0 Å². The number of Topliss-reactive ketones (excluding diaryl/α,β-unsaturated/α-hetero) is 1. The Morgan fingerprint density at radius 3 is 2.62 bits per heavy atom. The second-order valence-corrected chi connectivity index (χ2v) is 4.63. The van der Waals surface area contributed by atoms with Gasteiger partial charge in [0, 0.05) is 18.4 Å². The lowest BCUT2D eigenvalue weighted by atomic mass is 9.95. The zero-order chi connectivity index (χ0) is 9.26. The topological polar surface area (TPSA) is 20.3 Å². The molecule has 1 unspecified atom stereocenters. The normalized spacial score (nSPS) is 31.3. The Morgan fingerprint density at radius 2 is 1.92 bits per heavy atom. The third-order valence-electron chi connectivity index (χ3n) is 3.26. The molecule has 2 rings (SSSR count). The maximum atomic E-state index is 11.8. The van der Waals surface area contributed by atoms with Crippen LogP contribution in [0.4, 0.5) is 0 Å². The van der Waals surface area contributed by atoms with Crippen molar-refractivity contribution in [1.82, 2.24) is 4.90 Å². The van der Waals surface area contributed by atoms with Crippen LogP contribution in [0.5, 0.6) is 0 Å². The minimum absolute atomic E-state index is 0.361. The van der Waals surface area contributed by atoms with Crippen molar-refractivity contribution < 1.29 is 4.79 Å². The predicted molar refractivity (Wildman–Crippen MR) is 52.6 cm³/mol. The molecule has 0 aromatic carbocycles. The van der Waals surface area contributed by atoms with Crippen LogP contribution in [0.15, 0.2) is 0 Å². The van der Waals surface area contributed by atoms with E-state index in [0.29, 0.717) is 17.6 Å². The molecule has 2 fully saturated rings. The third-order valence-corrected chi connectivity index (χ3v) is 3.26. The average Bonchev–Trinajstić information content (AvgIpc) is 2.88. The van der Waals surface area contributed by atoms with Gasteiger partial charge in [0.2, 0.25) is 0 Å². The summed E-state index contributed by atoms with van der Waals surface area (Å²) in [5, 5.41) is 0. The van der Waals surface area contributed by atoms with Crippen LogP contribution in [0, 0.1) is 11.8 Å². The summed E-state index contributed by atoms with van der Waals surface area (Å²) >= 11 is 0. The lowest BCUT2D eigenvalue weighted by molar-refractivity contribution is -0.124.